The van der Waals surface area contributed by atoms with E-state index in [9.17, 15) is 5.11 Å². The highest BCUT2D eigenvalue weighted by Crippen LogP contribution is 2.27. The molecule has 0 unspecified atom stereocenters. The highest BCUT2D eigenvalue weighted by Gasteiger charge is 2.11. The third kappa shape index (κ3) is 2.27. The van der Waals surface area contributed by atoms with Gasteiger partial charge in [0.25, 0.3) is 0 Å². The summed E-state index contributed by atoms with van der Waals surface area (Å²) in [7, 11) is 1.62. The number of hydrogen-bond donors (Lipinski definition) is 1. The van der Waals surface area contributed by atoms with Gasteiger partial charge in [0.2, 0.25) is 0 Å². The molecular weight excluding hydrogens is 224 g/mol. The summed E-state index contributed by atoms with van der Waals surface area (Å²) >= 11 is 1.47. The zero-order chi connectivity index (χ0) is 11.4. The van der Waals surface area contributed by atoms with Crippen LogP contribution >= 0.6 is 11.3 Å². The zero-order valence-electron chi connectivity index (χ0n) is 8.88. The van der Waals surface area contributed by atoms with Crippen LogP contribution in [0.3, 0.4) is 0 Å². The average Bonchev–Trinajstić information content (AvgIpc) is 2.74. The molecule has 2 aromatic heterocycles. The van der Waals surface area contributed by atoms with Crippen molar-refractivity contribution >= 4 is 11.3 Å². The first-order valence-electron chi connectivity index (χ1n) is 4.84. The van der Waals surface area contributed by atoms with Gasteiger partial charge in [-0.3, -0.25) is 4.98 Å². The molecule has 84 valence electrons. The second kappa shape index (κ2) is 5.16. The predicted octanol–water partition coefficient (Wildman–Crippen LogP) is 1.84. The fourth-order valence-electron chi connectivity index (χ4n) is 1.37. The van der Waals surface area contributed by atoms with E-state index in [1.54, 1.807) is 19.5 Å². The lowest BCUT2D eigenvalue weighted by Gasteiger charge is -1.95. The van der Waals surface area contributed by atoms with Crippen LogP contribution in [-0.4, -0.2) is 22.2 Å². The fourth-order valence-corrected chi connectivity index (χ4v) is 2.28. The monoisotopic (exact) mass is 236 g/mol. The maximum Gasteiger partial charge on any atom is 0.125 e. The van der Waals surface area contributed by atoms with Gasteiger partial charge in [0.05, 0.1) is 23.8 Å². The number of aromatic nitrogens is 2. The van der Waals surface area contributed by atoms with Gasteiger partial charge in [-0.1, -0.05) is 0 Å². The standard InChI is InChI=1S/C11H12N2O2S/c1-15-7-9-10(6-14)16-11(13-9)8-3-2-4-12-5-8/h2-5,14H,6-7H2,1H3. The smallest absolute Gasteiger partial charge is 0.125 e. The lowest BCUT2D eigenvalue weighted by molar-refractivity contribution is 0.179. The molecule has 0 fully saturated rings. The molecule has 0 aliphatic carbocycles. The van der Waals surface area contributed by atoms with E-state index < -0.39 is 0 Å². The predicted molar refractivity (Wildman–Crippen MR) is 62.0 cm³/mol. The number of aliphatic hydroxyl groups excluding tert-OH is 1. The first-order valence-corrected chi connectivity index (χ1v) is 5.65. The van der Waals surface area contributed by atoms with Crippen molar-refractivity contribution in [3.63, 3.8) is 0 Å². The van der Waals surface area contributed by atoms with E-state index in [0.717, 1.165) is 21.1 Å². The van der Waals surface area contributed by atoms with Gasteiger partial charge in [-0.15, -0.1) is 11.3 Å². The highest BCUT2D eigenvalue weighted by atomic mass is 32.1. The van der Waals surface area contributed by atoms with Gasteiger partial charge in [-0.05, 0) is 12.1 Å². The Morgan fingerprint density at radius 2 is 2.38 bits per heavy atom. The van der Waals surface area contributed by atoms with Gasteiger partial charge < -0.3 is 9.84 Å². The Balaban J connectivity index is 2.36. The van der Waals surface area contributed by atoms with Crippen molar-refractivity contribution < 1.29 is 9.84 Å². The van der Waals surface area contributed by atoms with Crippen LogP contribution < -0.4 is 0 Å². The van der Waals surface area contributed by atoms with Crippen LogP contribution in [0.5, 0.6) is 0 Å². The van der Waals surface area contributed by atoms with Crippen LogP contribution in [0.4, 0.5) is 0 Å². The van der Waals surface area contributed by atoms with Crippen molar-refractivity contribution in [3.8, 4) is 10.6 Å². The van der Waals surface area contributed by atoms with Crippen molar-refractivity contribution in [1.29, 1.82) is 0 Å². The number of nitrogens with zero attached hydrogens (tertiary/aromatic N) is 2. The summed E-state index contributed by atoms with van der Waals surface area (Å²) in [5.41, 5.74) is 1.76. The second-order valence-electron chi connectivity index (χ2n) is 3.22. The summed E-state index contributed by atoms with van der Waals surface area (Å²) in [6, 6.07) is 3.81. The number of thiazole rings is 1. The Hall–Kier alpha value is -1.30. The highest BCUT2D eigenvalue weighted by molar-refractivity contribution is 7.15. The maximum atomic E-state index is 9.20. The summed E-state index contributed by atoms with van der Waals surface area (Å²) in [6.07, 6.45) is 3.48. The largest absolute Gasteiger partial charge is 0.391 e. The Labute approximate surface area is 97.6 Å². The van der Waals surface area contributed by atoms with Crippen LogP contribution in [0.2, 0.25) is 0 Å². The fraction of sp³-hybridized carbons (Fsp3) is 0.273. The Bertz CT molecular complexity index is 456. The molecule has 0 aliphatic rings. The summed E-state index contributed by atoms with van der Waals surface area (Å²) in [6.45, 7) is 0.420. The van der Waals surface area contributed by atoms with E-state index in [-0.39, 0.29) is 6.61 Å². The quantitative estimate of drug-likeness (QED) is 0.880. The van der Waals surface area contributed by atoms with Crippen molar-refractivity contribution in [2.24, 2.45) is 0 Å². The van der Waals surface area contributed by atoms with Gasteiger partial charge in [0.1, 0.15) is 5.01 Å². The SMILES string of the molecule is COCc1nc(-c2cccnc2)sc1CO. The summed E-state index contributed by atoms with van der Waals surface area (Å²) in [4.78, 5) is 9.33. The lowest BCUT2D eigenvalue weighted by Crippen LogP contribution is -1.92. The number of ether oxygens (including phenoxy) is 1. The molecule has 0 aromatic carbocycles. The van der Waals surface area contributed by atoms with E-state index in [1.807, 2.05) is 12.1 Å². The summed E-state index contributed by atoms with van der Waals surface area (Å²) in [5.74, 6) is 0. The molecule has 0 bridgehead atoms. The second-order valence-corrected chi connectivity index (χ2v) is 4.31. The maximum absolute atomic E-state index is 9.20. The zero-order valence-corrected chi connectivity index (χ0v) is 9.70. The third-order valence-corrected chi connectivity index (χ3v) is 3.24. The van der Waals surface area contributed by atoms with E-state index in [0.29, 0.717) is 6.61 Å². The van der Waals surface area contributed by atoms with Crippen molar-refractivity contribution in [3.05, 3.63) is 35.1 Å². The first kappa shape index (κ1) is 11.2. The van der Waals surface area contributed by atoms with Gasteiger partial charge in [0, 0.05) is 25.1 Å². The van der Waals surface area contributed by atoms with Crippen LogP contribution in [-0.2, 0) is 18.0 Å². The van der Waals surface area contributed by atoms with Crippen molar-refractivity contribution in [2.75, 3.05) is 7.11 Å². The normalized spacial score (nSPS) is 10.6. The molecule has 2 heterocycles. The topological polar surface area (TPSA) is 55.2 Å². The minimum atomic E-state index is -0.00335. The Kier molecular flexibility index (Phi) is 3.61. The Morgan fingerprint density at radius 1 is 1.50 bits per heavy atom. The van der Waals surface area contributed by atoms with Crippen LogP contribution in [0.25, 0.3) is 10.6 Å². The number of methoxy groups -OCH3 is 1. The molecule has 0 atom stereocenters. The molecule has 0 saturated heterocycles. The minimum Gasteiger partial charge on any atom is -0.391 e. The molecule has 1 N–H and O–H groups in total. The van der Waals surface area contributed by atoms with Crippen molar-refractivity contribution in [2.45, 2.75) is 13.2 Å². The van der Waals surface area contributed by atoms with Gasteiger partial charge in [-0.25, -0.2) is 4.98 Å². The molecule has 4 nitrogen and oxygen atoms in total. The van der Waals surface area contributed by atoms with Gasteiger partial charge in [0.15, 0.2) is 0 Å². The number of hydrogen-bond acceptors (Lipinski definition) is 5. The van der Waals surface area contributed by atoms with Crippen LogP contribution in [0.15, 0.2) is 24.5 Å². The van der Waals surface area contributed by atoms with Crippen LogP contribution in [0, 0.1) is 0 Å². The van der Waals surface area contributed by atoms with Crippen LogP contribution in [0.1, 0.15) is 10.6 Å². The molecular formula is C11H12N2O2S. The molecule has 5 heteroatoms. The van der Waals surface area contributed by atoms with Gasteiger partial charge in [-0.2, -0.15) is 0 Å². The average molecular weight is 236 g/mol. The molecule has 16 heavy (non-hydrogen) atoms. The van der Waals surface area contributed by atoms with Crippen molar-refractivity contribution in [1.82, 2.24) is 9.97 Å². The number of rotatable bonds is 4. The molecule has 0 aliphatic heterocycles. The summed E-state index contributed by atoms with van der Waals surface area (Å²) < 4.78 is 5.04. The first-order chi connectivity index (χ1) is 7.85. The minimum absolute atomic E-state index is 0.00335. The lowest BCUT2D eigenvalue weighted by atomic mass is 10.3. The molecule has 0 radical (unpaired) electrons. The van der Waals surface area contributed by atoms with Gasteiger partial charge >= 0.3 is 0 Å². The number of pyridine rings is 1. The summed E-state index contributed by atoms with van der Waals surface area (Å²) in [5, 5.41) is 10.1. The molecule has 2 rings (SSSR count). The van der Waals surface area contributed by atoms with E-state index in [4.69, 9.17) is 4.74 Å². The molecule has 0 spiro atoms. The molecule has 0 saturated carbocycles. The molecule has 2 aromatic rings. The number of aliphatic hydroxyl groups is 1. The van der Waals surface area contributed by atoms with E-state index in [1.165, 1.54) is 11.3 Å². The molecule has 0 amide bonds. The van der Waals surface area contributed by atoms with E-state index in [2.05, 4.69) is 9.97 Å². The third-order valence-electron chi connectivity index (χ3n) is 2.11. The Morgan fingerprint density at radius 3 is 3.00 bits per heavy atom. The van der Waals surface area contributed by atoms with E-state index >= 15 is 0 Å².